The molecule has 0 aromatic heterocycles. The molecule has 1 fully saturated rings. The van der Waals surface area contributed by atoms with Gasteiger partial charge in [-0.15, -0.1) is 12.4 Å². The van der Waals surface area contributed by atoms with Crippen molar-refractivity contribution in [3.8, 4) is 0 Å². The minimum atomic E-state index is -1.62. The first-order valence-corrected chi connectivity index (χ1v) is 10.5. The van der Waals surface area contributed by atoms with Crippen LogP contribution in [0.25, 0.3) is 0 Å². The number of hydrogen-bond donors (Lipinski definition) is 6. The number of nitrogens with two attached hydrogens (primary N) is 1. The standard InChI is InChI=1S/C11H21NO5.C9H18N2O2.ClH/c1-5-6-7(8(13)9(14)15)12-10(16)17-11(2,3)4;1-2-3-7(10)8(12)9(13)11-6-4-5-6;/h7-8,13H,5-6H2,1-4H3,(H,12,16)(H,14,15);6-8,12H,2-5,10H2,1H3,(H,11,13);1H. The number of carboxylic acids is 1. The maximum Gasteiger partial charge on any atom is 0.407 e. The summed E-state index contributed by atoms with van der Waals surface area (Å²) in [5, 5.41) is 32.6. The van der Waals surface area contributed by atoms with Crippen molar-refractivity contribution in [2.24, 2.45) is 5.73 Å². The Bertz CT molecular complexity index is 553. The van der Waals surface area contributed by atoms with E-state index in [1.165, 1.54) is 0 Å². The third-order valence-electron chi connectivity index (χ3n) is 4.16. The summed E-state index contributed by atoms with van der Waals surface area (Å²) in [7, 11) is 0. The number of carbonyl (C=O) groups is 3. The highest BCUT2D eigenvalue weighted by Crippen LogP contribution is 2.18. The van der Waals surface area contributed by atoms with Gasteiger partial charge in [0.05, 0.1) is 6.04 Å². The lowest BCUT2D eigenvalue weighted by Gasteiger charge is -2.24. The molecule has 0 aromatic rings. The van der Waals surface area contributed by atoms with Crippen molar-refractivity contribution >= 4 is 30.4 Å². The highest BCUT2D eigenvalue weighted by atomic mass is 35.5. The third kappa shape index (κ3) is 14.9. The van der Waals surface area contributed by atoms with Crippen LogP contribution < -0.4 is 16.4 Å². The fourth-order valence-electron chi connectivity index (χ4n) is 2.45. The molecular weight excluding hydrogens is 430 g/mol. The largest absolute Gasteiger partial charge is 0.479 e. The first-order chi connectivity index (χ1) is 13.8. The zero-order valence-electron chi connectivity index (χ0n) is 19.1. The Labute approximate surface area is 190 Å². The van der Waals surface area contributed by atoms with Crippen LogP contribution in [0.4, 0.5) is 4.79 Å². The number of aliphatic hydroxyl groups excluding tert-OH is 2. The van der Waals surface area contributed by atoms with Gasteiger partial charge in [-0.25, -0.2) is 9.59 Å². The summed E-state index contributed by atoms with van der Waals surface area (Å²) in [6.45, 7) is 8.92. The third-order valence-corrected chi connectivity index (χ3v) is 4.16. The van der Waals surface area contributed by atoms with Crippen molar-refractivity contribution in [1.82, 2.24) is 10.6 Å². The fourth-order valence-corrected chi connectivity index (χ4v) is 2.45. The Morgan fingerprint density at radius 1 is 1.06 bits per heavy atom. The molecule has 1 saturated carbocycles. The molecule has 2 amide bonds. The summed E-state index contributed by atoms with van der Waals surface area (Å²) < 4.78 is 4.99. The summed E-state index contributed by atoms with van der Waals surface area (Å²) in [6.07, 6.45) is 1.24. The normalized spacial score (nSPS) is 16.9. The number of hydrogen-bond acceptors (Lipinski definition) is 7. The summed E-state index contributed by atoms with van der Waals surface area (Å²) in [4.78, 5) is 33.3. The zero-order valence-corrected chi connectivity index (χ0v) is 19.9. The predicted octanol–water partition coefficient (Wildman–Crippen LogP) is 1.30. The number of halogens is 1. The topological polar surface area (TPSA) is 171 Å². The highest BCUT2D eigenvalue weighted by molar-refractivity contribution is 5.85. The molecule has 1 aliphatic carbocycles. The smallest absolute Gasteiger partial charge is 0.407 e. The van der Waals surface area contributed by atoms with Gasteiger partial charge >= 0.3 is 12.1 Å². The summed E-state index contributed by atoms with van der Waals surface area (Å²) in [5.74, 6) is -1.68. The Morgan fingerprint density at radius 3 is 1.97 bits per heavy atom. The first-order valence-electron chi connectivity index (χ1n) is 10.5. The van der Waals surface area contributed by atoms with Gasteiger partial charge in [-0.2, -0.15) is 0 Å². The molecule has 0 heterocycles. The first kappa shape index (κ1) is 31.6. The quantitative estimate of drug-likeness (QED) is 0.278. The second-order valence-electron chi connectivity index (χ2n) is 8.50. The van der Waals surface area contributed by atoms with Crippen LogP contribution in [0.1, 0.15) is 73.1 Å². The molecule has 11 heteroatoms. The van der Waals surface area contributed by atoms with E-state index in [0.717, 1.165) is 19.3 Å². The van der Waals surface area contributed by atoms with Crippen molar-refractivity contribution < 1.29 is 34.4 Å². The molecule has 4 unspecified atom stereocenters. The lowest BCUT2D eigenvalue weighted by molar-refractivity contribution is -0.148. The van der Waals surface area contributed by atoms with E-state index in [-0.39, 0.29) is 24.4 Å². The van der Waals surface area contributed by atoms with Gasteiger partial charge in [0.2, 0.25) is 0 Å². The van der Waals surface area contributed by atoms with E-state index in [0.29, 0.717) is 19.3 Å². The number of carboxylic acid groups (broad SMARTS) is 1. The summed E-state index contributed by atoms with van der Waals surface area (Å²) >= 11 is 0. The number of amides is 2. The molecule has 1 rings (SSSR count). The minimum absolute atomic E-state index is 0. The van der Waals surface area contributed by atoms with E-state index in [2.05, 4.69) is 10.6 Å². The molecule has 10 nitrogen and oxygen atoms in total. The number of ether oxygens (including phenoxy) is 1. The van der Waals surface area contributed by atoms with E-state index < -0.39 is 42.0 Å². The number of aliphatic carboxylic acids is 1. The van der Waals surface area contributed by atoms with Crippen molar-refractivity contribution in [2.45, 2.75) is 109 Å². The number of nitrogens with one attached hydrogen (secondary N) is 2. The zero-order chi connectivity index (χ0) is 23.5. The Kier molecular flexibility index (Phi) is 15.5. The van der Waals surface area contributed by atoms with Crippen LogP contribution in [0.2, 0.25) is 0 Å². The van der Waals surface area contributed by atoms with Crippen LogP contribution in [0.3, 0.4) is 0 Å². The second kappa shape index (κ2) is 15.2. The van der Waals surface area contributed by atoms with Gasteiger partial charge in [0.1, 0.15) is 11.7 Å². The number of carbonyl (C=O) groups excluding carboxylic acids is 2. The molecular formula is C20H40ClN3O7. The monoisotopic (exact) mass is 469 g/mol. The van der Waals surface area contributed by atoms with Crippen LogP contribution >= 0.6 is 12.4 Å². The van der Waals surface area contributed by atoms with Gasteiger partial charge < -0.3 is 36.4 Å². The Hall–Kier alpha value is -1.62. The molecule has 1 aliphatic rings. The molecule has 0 bridgehead atoms. The average molecular weight is 470 g/mol. The van der Waals surface area contributed by atoms with Crippen LogP contribution in [0.5, 0.6) is 0 Å². The van der Waals surface area contributed by atoms with Crippen LogP contribution in [0.15, 0.2) is 0 Å². The molecule has 31 heavy (non-hydrogen) atoms. The van der Waals surface area contributed by atoms with Gasteiger partial charge in [-0.05, 0) is 46.5 Å². The SMILES string of the molecule is CCCC(N)C(O)C(=O)NC1CC1.CCCC(NC(=O)OC(C)(C)C)C(O)C(=O)O.Cl. The summed E-state index contributed by atoms with van der Waals surface area (Å²) in [6, 6.07) is -0.980. The van der Waals surface area contributed by atoms with Gasteiger partial charge in [-0.3, -0.25) is 4.79 Å². The van der Waals surface area contributed by atoms with E-state index in [4.69, 9.17) is 15.6 Å². The lowest BCUT2D eigenvalue weighted by atomic mass is 10.1. The Morgan fingerprint density at radius 2 is 1.58 bits per heavy atom. The summed E-state index contributed by atoms with van der Waals surface area (Å²) in [5.41, 5.74) is 4.96. The average Bonchev–Trinajstić information content (AvgIpc) is 3.43. The van der Waals surface area contributed by atoms with Gasteiger partial charge in [0.15, 0.2) is 6.10 Å². The van der Waals surface area contributed by atoms with Crippen LogP contribution in [-0.2, 0) is 14.3 Å². The second-order valence-corrected chi connectivity index (χ2v) is 8.50. The van der Waals surface area contributed by atoms with Crippen LogP contribution in [-0.4, -0.2) is 69.2 Å². The molecule has 0 saturated heterocycles. The minimum Gasteiger partial charge on any atom is -0.479 e. The maximum absolute atomic E-state index is 11.4. The maximum atomic E-state index is 11.4. The van der Waals surface area contributed by atoms with E-state index in [1.807, 2.05) is 13.8 Å². The lowest BCUT2D eigenvalue weighted by Crippen LogP contribution is -2.48. The molecule has 0 aliphatic heterocycles. The van der Waals surface area contributed by atoms with Gasteiger partial charge in [0, 0.05) is 12.1 Å². The predicted molar refractivity (Wildman–Crippen MR) is 119 cm³/mol. The molecule has 184 valence electrons. The molecule has 7 N–H and O–H groups in total. The number of rotatable bonds is 10. The van der Waals surface area contributed by atoms with Crippen LogP contribution in [0, 0.1) is 0 Å². The fraction of sp³-hybridized carbons (Fsp3) is 0.850. The Balaban J connectivity index is 0. The highest BCUT2D eigenvalue weighted by Gasteiger charge is 2.29. The number of alkyl carbamates (subject to hydrolysis) is 1. The van der Waals surface area contributed by atoms with E-state index in [1.54, 1.807) is 20.8 Å². The van der Waals surface area contributed by atoms with Crippen molar-refractivity contribution in [2.75, 3.05) is 0 Å². The van der Waals surface area contributed by atoms with Crippen molar-refractivity contribution in [1.29, 1.82) is 0 Å². The van der Waals surface area contributed by atoms with Gasteiger partial charge in [-0.1, -0.05) is 26.7 Å². The van der Waals surface area contributed by atoms with Crippen molar-refractivity contribution in [3.63, 3.8) is 0 Å². The molecule has 0 spiro atoms. The van der Waals surface area contributed by atoms with E-state index in [9.17, 15) is 24.6 Å². The number of aliphatic hydroxyl groups is 2. The molecule has 4 atom stereocenters. The van der Waals surface area contributed by atoms with Crippen molar-refractivity contribution in [3.05, 3.63) is 0 Å². The van der Waals surface area contributed by atoms with E-state index >= 15 is 0 Å². The van der Waals surface area contributed by atoms with Gasteiger partial charge in [0.25, 0.3) is 5.91 Å². The molecule has 0 aromatic carbocycles. The molecule has 0 radical (unpaired) electrons.